The van der Waals surface area contributed by atoms with Crippen molar-refractivity contribution in [3.05, 3.63) is 30.3 Å². The van der Waals surface area contributed by atoms with Crippen molar-refractivity contribution in [2.75, 3.05) is 38.2 Å². The summed E-state index contributed by atoms with van der Waals surface area (Å²) in [5.74, 6) is 0. The summed E-state index contributed by atoms with van der Waals surface area (Å²) < 4.78 is 5.70. The highest BCUT2D eigenvalue weighted by Crippen LogP contribution is 2.12. The van der Waals surface area contributed by atoms with Gasteiger partial charge in [0.1, 0.15) is 0 Å². The van der Waals surface area contributed by atoms with Gasteiger partial charge in [-0.05, 0) is 44.4 Å². The van der Waals surface area contributed by atoms with Crippen LogP contribution in [0.25, 0.3) is 0 Å². The van der Waals surface area contributed by atoms with E-state index >= 15 is 0 Å². The Hall–Kier alpha value is -1.06. The highest BCUT2D eigenvalue weighted by Gasteiger charge is 2.12. The average molecular weight is 262 g/mol. The van der Waals surface area contributed by atoms with Gasteiger partial charge in [0, 0.05) is 32.4 Å². The van der Waals surface area contributed by atoms with Gasteiger partial charge in [0.2, 0.25) is 0 Å². The monoisotopic (exact) mass is 262 g/mol. The smallest absolute Gasteiger partial charge is 0.0699 e. The molecule has 1 fully saturated rings. The van der Waals surface area contributed by atoms with Gasteiger partial charge in [0.15, 0.2) is 0 Å². The molecule has 0 spiro atoms. The predicted octanol–water partition coefficient (Wildman–Crippen LogP) is 2.67. The number of para-hydroxylation sites is 1. The second-order valence-electron chi connectivity index (χ2n) is 5.30. The van der Waals surface area contributed by atoms with Crippen LogP contribution in [-0.2, 0) is 4.74 Å². The van der Waals surface area contributed by atoms with Crippen molar-refractivity contribution in [3.8, 4) is 0 Å². The molecule has 1 aliphatic heterocycles. The van der Waals surface area contributed by atoms with Crippen LogP contribution in [0.2, 0.25) is 0 Å². The summed E-state index contributed by atoms with van der Waals surface area (Å²) in [5.41, 5.74) is 1.29. The van der Waals surface area contributed by atoms with Gasteiger partial charge in [-0.3, -0.25) is 0 Å². The third kappa shape index (κ3) is 5.21. The number of hydrogen-bond acceptors (Lipinski definition) is 3. The zero-order valence-corrected chi connectivity index (χ0v) is 12.0. The molecule has 0 saturated carbocycles. The minimum absolute atomic E-state index is 0.445. The molecule has 0 radical (unpaired) electrons. The molecule has 1 aromatic rings. The molecule has 1 aromatic carbocycles. The highest BCUT2D eigenvalue weighted by atomic mass is 16.5. The maximum absolute atomic E-state index is 5.70. The lowest BCUT2D eigenvalue weighted by atomic mass is 10.1. The van der Waals surface area contributed by atoms with E-state index in [1.165, 1.54) is 24.9 Å². The second kappa shape index (κ2) is 8.18. The van der Waals surface area contributed by atoms with Crippen molar-refractivity contribution in [1.29, 1.82) is 0 Å². The molecule has 1 unspecified atom stereocenters. The summed E-state index contributed by atoms with van der Waals surface area (Å²) in [6.45, 7) is 4.11. The van der Waals surface area contributed by atoms with Gasteiger partial charge < -0.3 is 15.0 Å². The molecule has 1 heterocycles. The van der Waals surface area contributed by atoms with E-state index in [1.807, 2.05) is 0 Å². The summed E-state index contributed by atoms with van der Waals surface area (Å²) in [6.07, 6.45) is 5.39. The maximum Gasteiger partial charge on any atom is 0.0699 e. The van der Waals surface area contributed by atoms with Crippen LogP contribution in [0, 0.1) is 0 Å². The van der Waals surface area contributed by atoms with Crippen LogP contribution >= 0.6 is 0 Å². The molecule has 1 N–H and O–H groups in total. The van der Waals surface area contributed by atoms with Crippen LogP contribution in [0.1, 0.15) is 25.7 Å². The van der Waals surface area contributed by atoms with Gasteiger partial charge >= 0.3 is 0 Å². The zero-order valence-electron chi connectivity index (χ0n) is 12.0. The van der Waals surface area contributed by atoms with Crippen LogP contribution in [0.15, 0.2) is 30.3 Å². The average Bonchev–Trinajstić information content (AvgIpc) is 2.49. The Balaban J connectivity index is 1.54. The van der Waals surface area contributed by atoms with Crippen LogP contribution in [0.4, 0.5) is 5.69 Å². The molecule has 2 rings (SSSR count). The Morgan fingerprint density at radius 1 is 1.26 bits per heavy atom. The van der Waals surface area contributed by atoms with Gasteiger partial charge in [-0.15, -0.1) is 0 Å². The van der Waals surface area contributed by atoms with E-state index in [-0.39, 0.29) is 0 Å². The van der Waals surface area contributed by atoms with E-state index in [0.29, 0.717) is 6.10 Å². The summed E-state index contributed by atoms with van der Waals surface area (Å²) >= 11 is 0. The molecule has 0 bridgehead atoms. The third-order valence-electron chi connectivity index (χ3n) is 3.69. The summed E-state index contributed by atoms with van der Waals surface area (Å²) in [5, 5.41) is 3.51. The first kappa shape index (κ1) is 14.4. The van der Waals surface area contributed by atoms with E-state index in [9.17, 15) is 0 Å². The minimum atomic E-state index is 0.445. The van der Waals surface area contributed by atoms with Crippen LogP contribution < -0.4 is 10.2 Å². The lowest BCUT2D eigenvalue weighted by Gasteiger charge is -2.23. The van der Waals surface area contributed by atoms with Gasteiger partial charge in [-0.2, -0.15) is 0 Å². The first-order valence-corrected chi connectivity index (χ1v) is 7.45. The number of anilines is 1. The quantitative estimate of drug-likeness (QED) is 0.765. The van der Waals surface area contributed by atoms with Crippen molar-refractivity contribution >= 4 is 5.69 Å². The Kier molecular flexibility index (Phi) is 6.18. The molecule has 106 valence electrons. The second-order valence-corrected chi connectivity index (χ2v) is 5.30. The van der Waals surface area contributed by atoms with E-state index in [1.54, 1.807) is 0 Å². The molecule has 0 amide bonds. The van der Waals surface area contributed by atoms with E-state index < -0.39 is 0 Å². The third-order valence-corrected chi connectivity index (χ3v) is 3.69. The fourth-order valence-corrected chi connectivity index (χ4v) is 2.48. The molecule has 1 saturated heterocycles. The van der Waals surface area contributed by atoms with Crippen molar-refractivity contribution in [3.63, 3.8) is 0 Å². The molecule has 3 heteroatoms. The largest absolute Gasteiger partial charge is 0.377 e. The lowest BCUT2D eigenvalue weighted by molar-refractivity contribution is 0.0170. The zero-order chi connectivity index (χ0) is 13.3. The van der Waals surface area contributed by atoms with Gasteiger partial charge in [-0.1, -0.05) is 18.2 Å². The van der Waals surface area contributed by atoms with Crippen molar-refractivity contribution in [1.82, 2.24) is 5.32 Å². The first-order chi connectivity index (χ1) is 9.36. The molecule has 0 aromatic heterocycles. The Labute approximate surface area is 116 Å². The molecule has 19 heavy (non-hydrogen) atoms. The van der Waals surface area contributed by atoms with Crippen LogP contribution in [0.3, 0.4) is 0 Å². The molecular weight excluding hydrogens is 236 g/mol. The minimum Gasteiger partial charge on any atom is -0.377 e. The standard InChI is InChI=1S/C16H26N2O/c1-18(15-8-3-2-4-9-15)12-7-11-17-14-16-10-5-6-13-19-16/h2-4,8-9,16-17H,5-7,10-14H2,1H3. The topological polar surface area (TPSA) is 24.5 Å². The van der Waals surface area contributed by atoms with Crippen molar-refractivity contribution in [2.24, 2.45) is 0 Å². The fraction of sp³-hybridized carbons (Fsp3) is 0.625. The van der Waals surface area contributed by atoms with Gasteiger partial charge in [0.05, 0.1) is 6.10 Å². The van der Waals surface area contributed by atoms with Crippen molar-refractivity contribution < 1.29 is 4.74 Å². The van der Waals surface area contributed by atoms with E-state index in [4.69, 9.17) is 4.74 Å². The van der Waals surface area contributed by atoms with Crippen LogP contribution in [0.5, 0.6) is 0 Å². The number of nitrogens with zero attached hydrogens (tertiary/aromatic N) is 1. The fourth-order valence-electron chi connectivity index (χ4n) is 2.48. The first-order valence-electron chi connectivity index (χ1n) is 7.45. The molecular formula is C16H26N2O. The Bertz CT molecular complexity index is 336. The number of hydrogen-bond donors (Lipinski definition) is 1. The normalized spacial score (nSPS) is 19.3. The highest BCUT2D eigenvalue weighted by molar-refractivity contribution is 5.44. The summed E-state index contributed by atoms with van der Waals surface area (Å²) in [6, 6.07) is 10.5. The Morgan fingerprint density at radius 2 is 2.11 bits per heavy atom. The number of benzene rings is 1. The SMILES string of the molecule is CN(CCCNCC1CCCCO1)c1ccccc1. The van der Waals surface area contributed by atoms with E-state index in [0.717, 1.165) is 32.7 Å². The molecule has 1 aliphatic rings. The number of rotatable bonds is 7. The lowest BCUT2D eigenvalue weighted by Crippen LogP contribution is -2.33. The van der Waals surface area contributed by atoms with Crippen molar-refractivity contribution in [2.45, 2.75) is 31.8 Å². The maximum atomic E-state index is 5.70. The van der Waals surface area contributed by atoms with Gasteiger partial charge in [0.25, 0.3) is 0 Å². The Morgan fingerprint density at radius 3 is 2.84 bits per heavy atom. The predicted molar refractivity (Wildman–Crippen MR) is 80.8 cm³/mol. The van der Waals surface area contributed by atoms with E-state index in [2.05, 4.69) is 47.6 Å². The molecule has 1 atom stereocenters. The van der Waals surface area contributed by atoms with Crippen LogP contribution in [-0.4, -0.2) is 39.4 Å². The van der Waals surface area contributed by atoms with Gasteiger partial charge in [-0.25, -0.2) is 0 Å². The molecule has 0 aliphatic carbocycles. The number of nitrogens with one attached hydrogen (secondary N) is 1. The summed E-state index contributed by atoms with van der Waals surface area (Å²) in [4.78, 5) is 2.30. The molecule has 3 nitrogen and oxygen atoms in total. The number of ether oxygens (including phenoxy) is 1. The summed E-state index contributed by atoms with van der Waals surface area (Å²) in [7, 11) is 2.15.